The molecule has 0 saturated heterocycles. The number of methoxy groups -OCH3 is 1. The lowest BCUT2D eigenvalue weighted by molar-refractivity contribution is 0.403. The van der Waals surface area contributed by atoms with E-state index in [0.717, 1.165) is 11.3 Å². The summed E-state index contributed by atoms with van der Waals surface area (Å²) in [7, 11) is 1.60. The van der Waals surface area contributed by atoms with Crippen LogP contribution in [0.4, 0.5) is 0 Å². The van der Waals surface area contributed by atoms with Crippen LogP contribution in [0.2, 0.25) is 5.02 Å². The van der Waals surface area contributed by atoms with E-state index in [1.165, 1.54) is 0 Å². The van der Waals surface area contributed by atoms with Crippen molar-refractivity contribution in [2.24, 2.45) is 5.73 Å². The highest BCUT2D eigenvalue weighted by Gasteiger charge is 2.12. The highest BCUT2D eigenvalue weighted by molar-refractivity contribution is 6.30. The summed E-state index contributed by atoms with van der Waals surface area (Å²) in [5, 5.41) is 4.56. The smallest absolute Gasteiger partial charge is 0.170 e. The molecule has 1 heterocycles. The Morgan fingerprint density at radius 2 is 2.24 bits per heavy atom. The Hall–Kier alpha value is -1.52. The summed E-state index contributed by atoms with van der Waals surface area (Å²) >= 11 is 5.95. The molecule has 0 radical (unpaired) electrons. The Kier molecular flexibility index (Phi) is 3.66. The van der Waals surface area contributed by atoms with Crippen LogP contribution in [0.1, 0.15) is 5.69 Å². The van der Waals surface area contributed by atoms with Crippen LogP contribution >= 0.6 is 11.6 Å². The van der Waals surface area contributed by atoms with E-state index < -0.39 is 0 Å². The minimum Gasteiger partial charge on any atom is -0.496 e. The molecule has 0 aliphatic rings. The van der Waals surface area contributed by atoms with Gasteiger partial charge in [-0.3, -0.25) is 0 Å². The average molecular weight is 253 g/mol. The maximum Gasteiger partial charge on any atom is 0.170 e. The van der Waals surface area contributed by atoms with E-state index in [2.05, 4.69) is 5.16 Å². The van der Waals surface area contributed by atoms with Crippen LogP contribution < -0.4 is 10.5 Å². The van der Waals surface area contributed by atoms with E-state index in [4.69, 9.17) is 26.6 Å². The van der Waals surface area contributed by atoms with Gasteiger partial charge < -0.3 is 15.0 Å². The number of nitrogens with two attached hydrogens (primary N) is 1. The highest BCUT2D eigenvalue weighted by atomic mass is 35.5. The molecule has 90 valence electrons. The first kappa shape index (κ1) is 12.0. The molecule has 0 aliphatic carbocycles. The van der Waals surface area contributed by atoms with Crippen molar-refractivity contribution < 1.29 is 9.26 Å². The Morgan fingerprint density at radius 3 is 2.94 bits per heavy atom. The normalized spacial score (nSPS) is 10.5. The van der Waals surface area contributed by atoms with Crippen molar-refractivity contribution in [3.63, 3.8) is 0 Å². The van der Waals surface area contributed by atoms with Crippen LogP contribution in [0, 0.1) is 0 Å². The van der Waals surface area contributed by atoms with Crippen molar-refractivity contribution in [3.8, 4) is 17.1 Å². The third-order valence-corrected chi connectivity index (χ3v) is 2.62. The van der Waals surface area contributed by atoms with Crippen molar-refractivity contribution in [1.29, 1.82) is 0 Å². The summed E-state index contributed by atoms with van der Waals surface area (Å²) in [6.45, 7) is 0.540. The van der Waals surface area contributed by atoms with Gasteiger partial charge in [0.15, 0.2) is 5.76 Å². The van der Waals surface area contributed by atoms with Crippen LogP contribution in [0.15, 0.2) is 28.8 Å². The molecule has 0 amide bonds. The molecule has 2 N–H and O–H groups in total. The van der Waals surface area contributed by atoms with Crippen molar-refractivity contribution in [1.82, 2.24) is 5.16 Å². The molecule has 17 heavy (non-hydrogen) atoms. The molecule has 1 aromatic heterocycles. The standard InChI is InChI=1S/C12H13ClN2O2/c1-16-11-3-2-8(13)6-10(11)12-7-9(4-5-14)15-17-12/h2-3,6-7H,4-5,14H2,1H3. The van der Waals surface area contributed by atoms with Crippen molar-refractivity contribution in [3.05, 3.63) is 35.0 Å². The minimum absolute atomic E-state index is 0.540. The topological polar surface area (TPSA) is 61.3 Å². The molecule has 5 heteroatoms. The second-order valence-electron chi connectivity index (χ2n) is 3.57. The van der Waals surface area contributed by atoms with Gasteiger partial charge in [0.1, 0.15) is 5.75 Å². The van der Waals surface area contributed by atoms with E-state index in [0.29, 0.717) is 29.5 Å². The first-order chi connectivity index (χ1) is 8.24. The SMILES string of the molecule is COc1ccc(Cl)cc1-c1cc(CCN)no1. The number of hydrogen-bond donors (Lipinski definition) is 1. The molecular formula is C12H13ClN2O2. The molecule has 0 atom stereocenters. The molecule has 0 aliphatic heterocycles. The lowest BCUT2D eigenvalue weighted by Gasteiger charge is -2.05. The van der Waals surface area contributed by atoms with Gasteiger partial charge in [0.2, 0.25) is 0 Å². The van der Waals surface area contributed by atoms with Crippen LogP contribution in [0.25, 0.3) is 11.3 Å². The van der Waals surface area contributed by atoms with Gasteiger partial charge in [-0.05, 0) is 24.7 Å². The van der Waals surface area contributed by atoms with Crippen molar-refractivity contribution in [2.45, 2.75) is 6.42 Å². The van der Waals surface area contributed by atoms with Crippen molar-refractivity contribution >= 4 is 11.6 Å². The second kappa shape index (κ2) is 5.21. The van der Waals surface area contributed by atoms with Gasteiger partial charge in [-0.2, -0.15) is 0 Å². The molecule has 2 aromatic rings. The maximum absolute atomic E-state index is 5.95. The highest BCUT2D eigenvalue weighted by Crippen LogP contribution is 2.32. The average Bonchev–Trinajstić information content (AvgIpc) is 2.78. The predicted octanol–water partition coefficient (Wildman–Crippen LogP) is 2.50. The van der Waals surface area contributed by atoms with Crippen LogP contribution in [-0.4, -0.2) is 18.8 Å². The summed E-state index contributed by atoms with van der Waals surface area (Å²) in [4.78, 5) is 0. The molecule has 0 spiro atoms. The number of rotatable bonds is 4. The molecule has 1 aromatic carbocycles. The van der Waals surface area contributed by atoms with E-state index in [9.17, 15) is 0 Å². The zero-order chi connectivity index (χ0) is 12.3. The monoisotopic (exact) mass is 252 g/mol. The fourth-order valence-electron chi connectivity index (χ4n) is 1.58. The summed E-state index contributed by atoms with van der Waals surface area (Å²) in [5.41, 5.74) is 7.07. The van der Waals surface area contributed by atoms with Crippen molar-refractivity contribution in [2.75, 3.05) is 13.7 Å². The van der Waals surface area contributed by atoms with Gasteiger partial charge in [-0.15, -0.1) is 0 Å². The first-order valence-corrected chi connectivity index (χ1v) is 5.62. The van der Waals surface area contributed by atoms with Crippen LogP contribution in [-0.2, 0) is 6.42 Å². The summed E-state index contributed by atoms with van der Waals surface area (Å²) in [6, 6.07) is 7.19. The van der Waals surface area contributed by atoms with Crippen LogP contribution in [0.5, 0.6) is 5.75 Å². The predicted molar refractivity (Wildman–Crippen MR) is 66.3 cm³/mol. The quantitative estimate of drug-likeness (QED) is 0.908. The fraction of sp³-hybridized carbons (Fsp3) is 0.250. The fourth-order valence-corrected chi connectivity index (χ4v) is 1.75. The first-order valence-electron chi connectivity index (χ1n) is 5.24. The largest absolute Gasteiger partial charge is 0.496 e. The van der Waals surface area contributed by atoms with Gasteiger partial charge >= 0.3 is 0 Å². The second-order valence-corrected chi connectivity index (χ2v) is 4.00. The third kappa shape index (κ3) is 2.60. The Bertz CT molecular complexity index is 511. The number of hydrogen-bond acceptors (Lipinski definition) is 4. The number of aromatic nitrogens is 1. The molecular weight excluding hydrogens is 240 g/mol. The number of ether oxygens (including phenoxy) is 1. The maximum atomic E-state index is 5.95. The summed E-state index contributed by atoms with van der Waals surface area (Å²) in [5.74, 6) is 1.33. The minimum atomic E-state index is 0.540. The molecule has 4 nitrogen and oxygen atoms in total. The molecule has 0 unspecified atom stereocenters. The Morgan fingerprint density at radius 1 is 1.41 bits per heavy atom. The Balaban J connectivity index is 2.40. The van der Waals surface area contributed by atoms with E-state index >= 15 is 0 Å². The van der Waals surface area contributed by atoms with E-state index in [-0.39, 0.29) is 0 Å². The zero-order valence-electron chi connectivity index (χ0n) is 9.44. The number of nitrogens with zero attached hydrogens (tertiary/aromatic N) is 1. The number of benzene rings is 1. The zero-order valence-corrected chi connectivity index (χ0v) is 10.2. The molecule has 0 bridgehead atoms. The lowest BCUT2D eigenvalue weighted by atomic mass is 10.1. The molecule has 0 saturated carbocycles. The molecule has 0 fully saturated rings. The van der Waals surface area contributed by atoms with Gasteiger partial charge in [-0.1, -0.05) is 16.8 Å². The summed E-state index contributed by atoms with van der Waals surface area (Å²) in [6.07, 6.45) is 0.687. The van der Waals surface area contributed by atoms with E-state index in [1.54, 1.807) is 25.3 Å². The van der Waals surface area contributed by atoms with Gasteiger partial charge in [0.05, 0.1) is 18.4 Å². The Labute approximate surface area is 104 Å². The third-order valence-electron chi connectivity index (χ3n) is 2.39. The summed E-state index contributed by atoms with van der Waals surface area (Å²) < 4.78 is 10.5. The van der Waals surface area contributed by atoms with Crippen LogP contribution in [0.3, 0.4) is 0 Å². The van der Waals surface area contributed by atoms with Gasteiger partial charge in [0.25, 0.3) is 0 Å². The molecule has 2 rings (SSSR count). The van der Waals surface area contributed by atoms with Gasteiger partial charge in [0, 0.05) is 17.5 Å². The van der Waals surface area contributed by atoms with Gasteiger partial charge in [-0.25, -0.2) is 0 Å². The lowest BCUT2D eigenvalue weighted by Crippen LogP contribution is -2.02. The number of halogens is 1. The van der Waals surface area contributed by atoms with E-state index in [1.807, 2.05) is 6.07 Å².